The first kappa shape index (κ1) is 18.3. The first-order valence-corrected chi connectivity index (χ1v) is 11.6. The van der Waals surface area contributed by atoms with Crippen LogP contribution in [0.1, 0.15) is 57.8 Å². The highest BCUT2D eigenvalue weighted by molar-refractivity contribution is 7.89. The fourth-order valence-electron chi connectivity index (χ4n) is 4.72. The van der Waals surface area contributed by atoms with Gasteiger partial charge in [0.15, 0.2) is 0 Å². The molecule has 1 aliphatic carbocycles. The van der Waals surface area contributed by atoms with Crippen LogP contribution in [-0.2, 0) is 10.0 Å². The molecule has 2 saturated heterocycles. The second kappa shape index (κ2) is 7.87. The van der Waals surface area contributed by atoms with Crippen molar-refractivity contribution in [1.82, 2.24) is 10.0 Å². The third kappa shape index (κ3) is 4.41. The van der Waals surface area contributed by atoms with E-state index >= 15 is 0 Å². The summed E-state index contributed by atoms with van der Waals surface area (Å²) >= 11 is 0. The monoisotopic (exact) mass is 378 g/mol. The number of nitrogens with one attached hydrogen (secondary N) is 2. The highest BCUT2D eigenvalue weighted by Crippen LogP contribution is 2.28. The molecule has 3 fully saturated rings. The first-order chi connectivity index (χ1) is 12.6. The molecule has 0 spiro atoms. The topological polar surface area (TPSA) is 67.4 Å². The van der Waals surface area contributed by atoms with Crippen LogP contribution in [0.2, 0.25) is 0 Å². The SMILES string of the molecule is O=S(=O)(NC1CC2CCC(C1)N2)c1ccc(OCC2CCCCC2)cc1. The Morgan fingerprint density at radius 2 is 1.62 bits per heavy atom. The molecule has 4 rings (SSSR count). The Kier molecular flexibility index (Phi) is 5.53. The van der Waals surface area contributed by atoms with E-state index in [9.17, 15) is 8.42 Å². The standard InChI is InChI=1S/C20H30N2O3S/c23-26(24,22-18-12-16-6-7-17(13-18)21-16)20-10-8-19(9-11-20)25-14-15-4-2-1-3-5-15/h8-11,15-18,21-22H,1-7,12-14H2. The quantitative estimate of drug-likeness (QED) is 0.798. The van der Waals surface area contributed by atoms with Gasteiger partial charge in [-0.25, -0.2) is 13.1 Å². The summed E-state index contributed by atoms with van der Waals surface area (Å²) in [5.74, 6) is 1.40. The molecule has 3 aliphatic rings. The first-order valence-electron chi connectivity index (χ1n) is 10.1. The van der Waals surface area contributed by atoms with Crippen molar-refractivity contribution in [2.75, 3.05) is 6.61 Å². The van der Waals surface area contributed by atoms with Gasteiger partial charge in [-0.2, -0.15) is 0 Å². The minimum atomic E-state index is -3.46. The molecule has 5 nitrogen and oxygen atoms in total. The van der Waals surface area contributed by atoms with Gasteiger partial charge >= 0.3 is 0 Å². The maximum Gasteiger partial charge on any atom is 0.240 e. The maximum atomic E-state index is 12.7. The average Bonchev–Trinajstić information content (AvgIpc) is 2.99. The van der Waals surface area contributed by atoms with Crippen LogP contribution < -0.4 is 14.8 Å². The van der Waals surface area contributed by atoms with Crippen LogP contribution in [0.5, 0.6) is 5.75 Å². The van der Waals surface area contributed by atoms with Crippen molar-refractivity contribution in [3.8, 4) is 5.75 Å². The van der Waals surface area contributed by atoms with Gasteiger partial charge in [-0.05, 0) is 68.7 Å². The van der Waals surface area contributed by atoms with E-state index in [0.717, 1.165) is 38.0 Å². The second-order valence-corrected chi connectivity index (χ2v) is 9.93. The van der Waals surface area contributed by atoms with E-state index in [-0.39, 0.29) is 6.04 Å². The van der Waals surface area contributed by atoms with E-state index in [1.54, 1.807) is 24.3 Å². The minimum Gasteiger partial charge on any atom is -0.493 e. The largest absolute Gasteiger partial charge is 0.493 e. The van der Waals surface area contributed by atoms with E-state index in [4.69, 9.17) is 4.74 Å². The highest BCUT2D eigenvalue weighted by atomic mass is 32.2. The molecule has 2 N–H and O–H groups in total. The van der Waals surface area contributed by atoms with Gasteiger partial charge in [0, 0.05) is 18.1 Å². The molecule has 6 heteroatoms. The van der Waals surface area contributed by atoms with Crippen LogP contribution in [0.15, 0.2) is 29.2 Å². The summed E-state index contributed by atoms with van der Waals surface area (Å²) in [5.41, 5.74) is 0. The second-order valence-electron chi connectivity index (χ2n) is 8.21. The molecule has 1 saturated carbocycles. The molecule has 26 heavy (non-hydrogen) atoms. The lowest BCUT2D eigenvalue weighted by atomic mass is 9.90. The van der Waals surface area contributed by atoms with Crippen molar-refractivity contribution in [1.29, 1.82) is 0 Å². The lowest BCUT2D eigenvalue weighted by molar-refractivity contribution is 0.209. The van der Waals surface area contributed by atoms with E-state index in [1.165, 1.54) is 32.1 Å². The van der Waals surface area contributed by atoms with Gasteiger partial charge in [-0.1, -0.05) is 19.3 Å². The normalized spacial score (nSPS) is 29.6. The third-order valence-electron chi connectivity index (χ3n) is 6.14. The molecular weight excluding hydrogens is 348 g/mol. The smallest absolute Gasteiger partial charge is 0.240 e. The zero-order valence-electron chi connectivity index (χ0n) is 15.3. The van der Waals surface area contributed by atoms with E-state index in [2.05, 4.69) is 10.0 Å². The van der Waals surface area contributed by atoms with Crippen LogP contribution in [0.4, 0.5) is 0 Å². The molecule has 2 unspecified atom stereocenters. The van der Waals surface area contributed by atoms with Crippen LogP contribution in [-0.4, -0.2) is 33.2 Å². The molecule has 0 amide bonds. The summed E-state index contributed by atoms with van der Waals surface area (Å²) < 4.78 is 34.1. The third-order valence-corrected chi connectivity index (χ3v) is 7.68. The van der Waals surface area contributed by atoms with Gasteiger partial charge < -0.3 is 10.1 Å². The Bertz CT molecular complexity index is 686. The fraction of sp³-hybridized carbons (Fsp3) is 0.700. The van der Waals surface area contributed by atoms with Crippen molar-refractivity contribution >= 4 is 10.0 Å². The van der Waals surface area contributed by atoms with Crippen molar-refractivity contribution < 1.29 is 13.2 Å². The fourth-order valence-corrected chi connectivity index (χ4v) is 5.99. The van der Waals surface area contributed by atoms with E-state index in [1.807, 2.05) is 0 Å². The Balaban J connectivity index is 1.33. The van der Waals surface area contributed by atoms with E-state index < -0.39 is 10.0 Å². The number of rotatable bonds is 6. The molecule has 2 atom stereocenters. The van der Waals surface area contributed by atoms with Crippen molar-refractivity contribution in [3.63, 3.8) is 0 Å². The van der Waals surface area contributed by atoms with Gasteiger partial charge in [0.1, 0.15) is 5.75 Å². The lowest BCUT2D eigenvalue weighted by Crippen LogP contribution is -2.47. The average molecular weight is 379 g/mol. The number of benzene rings is 1. The number of ether oxygens (including phenoxy) is 1. The summed E-state index contributed by atoms with van der Waals surface area (Å²) in [6.07, 6.45) is 10.5. The number of hydrogen-bond acceptors (Lipinski definition) is 4. The van der Waals surface area contributed by atoms with Crippen LogP contribution in [0.3, 0.4) is 0 Å². The summed E-state index contributed by atoms with van der Waals surface area (Å²) in [6.45, 7) is 0.738. The van der Waals surface area contributed by atoms with Gasteiger partial charge in [0.05, 0.1) is 11.5 Å². The zero-order valence-corrected chi connectivity index (χ0v) is 16.1. The van der Waals surface area contributed by atoms with Gasteiger partial charge in [-0.15, -0.1) is 0 Å². The van der Waals surface area contributed by atoms with Crippen LogP contribution in [0, 0.1) is 5.92 Å². The Hall–Kier alpha value is -1.11. The number of fused-ring (bicyclic) bond motifs is 2. The van der Waals surface area contributed by atoms with E-state index in [0.29, 0.717) is 22.9 Å². The zero-order chi connectivity index (χ0) is 18.0. The Morgan fingerprint density at radius 1 is 0.962 bits per heavy atom. The van der Waals surface area contributed by atoms with Gasteiger partial charge in [0.25, 0.3) is 0 Å². The molecule has 1 aromatic rings. The van der Waals surface area contributed by atoms with Crippen molar-refractivity contribution in [3.05, 3.63) is 24.3 Å². The predicted octanol–water partition coefficient (Wildman–Crippen LogP) is 3.21. The molecular formula is C20H30N2O3S. The number of hydrogen-bond donors (Lipinski definition) is 2. The molecule has 2 aliphatic heterocycles. The minimum absolute atomic E-state index is 0.0426. The van der Waals surface area contributed by atoms with Gasteiger partial charge in [-0.3, -0.25) is 0 Å². The Morgan fingerprint density at radius 3 is 2.27 bits per heavy atom. The summed E-state index contributed by atoms with van der Waals surface area (Å²) in [6, 6.07) is 7.87. The molecule has 1 aromatic carbocycles. The summed E-state index contributed by atoms with van der Waals surface area (Å²) in [5, 5.41) is 3.54. The summed E-state index contributed by atoms with van der Waals surface area (Å²) in [7, 11) is -3.46. The molecule has 0 radical (unpaired) electrons. The molecule has 2 bridgehead atoms. The number of sulfonamides is 1. The summed E-state index contributed by atoms with van der Waals surface area (Å²) in [4.78, 5) is 0.327. The molecule has 2 heterocycles. The molecule has 0 aromatic heterocycles. The van der Waals surface area contributed by atoms with Gasteiger partial charge in [0.2, 0.25) is 10.0 Å². The van der Waals surface area contributed by atoms with Crippen LogP contribution >= 0.6 is 0 Å². The maximum absolute atomic E-state index is 12.7. The van der Waals surface area contributed by atoms with Crippen molar-refractivity contribution in [2.24, 2.45) is 5.92 Å². The highest BCUT2D eigenvalue weighted by Gasteiger charge is 2.35. The lowest BCUT2D eigenvalue weighted by Gasteiger charge is -2.29. The number of piperidine rings is 1. The molecule has 144 valence electrons. The van der Waals surface area contributed by atoms with Crippen molar-refractivity contribution in [2.45, 2.75) is 80.8 Å². The van der Waals surface area contributed by atoms with Crippen LogP contribution in [0.25, 0.3) is 0 Å². The Labute approximate surface area is 156 Å². The predicted molar refractivity (Wildman–Crippen MR) is 102 cm³/mol.